The minimum atomic E-state index is -0.295. The molecule has 3 amide bonds. The summed E-state index contributed by atoms with van der Waals surface area (Å²) in [5, 5.41) is 5.84. The molecule has 2 N–H and O–H groups in total. The first kappa shape index (κ1) is 15.0. The average Bonchev–Trinajstić information content (AvgIpc) is 2.70. The van der Waals surface area contributed by atoms with E-state index >= 15 is 0 Å². The number of carbonyl (C=O) groups excluding carboxylic acids is 2. The fraction of sp³-hybridized carbons (Fsp3) is 0.429. The largest absolute Gasteiger partial charge is 0.329 e. The van der Waals surface area contributed by atoms with Crippen molar-refractivity contribution in [3.05, 3.63) is 34.3 Å². The summed E-state index contributed by atoms with van der Waals surface area (Å²) >= 11 is 3.45. The lowest BCUT2D eigenvalue weighted by Gasteiger charge is -2.17. The highest BCUT2D eigenvalue weighted by molar-refractivity contribution is 9.10. The van der Waals surface area contributed by atoms with E-state index in [2.05, 4.69) is 45.6 Å². The van der Waals surface area contributed by atoms with Crippen LogP contribution in [0.1, 0.15) is 12.5 Å². The fourth-order valence-corrected chi connectivity index (χ4v) is 2.64. The Balaban J connectivity index is 1.74. The summed E-state index contributed by atoms with van der Waals surface area (Å²) in [6.45, 7) is 3.22. The number of hydrogen-bond donors (Lipinski definition) is 2. The molecule has 1 heterocycles. The van der Waals surface area contributed by atoms with Crippen molar-refractivity contribution >= 4 is 27.9 Å². The van der Waals surface area contributed by atoms with Crippen LogP contribution in [0.3, 0.4) is 0 Å². The fourth-order valence-electron chi connectivity index (χ4n) is 2.19. The van der Waals surface area contributed by atoms with Gasteiger partial charge in [-0.05, 0) is 31.0 Å². The van der Waals surface area contributed by atoms with Crippen LogP contribution in [0.2, 0.25) is 0 Å². The van der Waals surface area contributed by atoms with Gasteiger partial charge in [0.15, 0.2) is 0 Å². The minimum absolute atomic E-state index is 0.117. The van der Waals surface area contributed by atoms with Crippen molar-refractivity contribution in [2.45, 2.75) is 19.4 Å². The van der Waals surface area contributed by atoms with E-state index < -0.39 is 0 Å². The molecule has 6 heteroatoms. The first-order chi connectivity index (χ1) is 9.56. The van der Waals surface area contributed by atoms with Gasteiger partial charge >= 0.3 is 6.03 Å². The molecule has 1 fully saturated rings. The van der Waals surface area contributed by atoms with E-state index in [0.29, 0.717) is 13.1 Å². The third-order valence-corrected chi connectivity index (χ3v) is 3.69. The van der Waals surface area contributed by atoms with Gasteiger partial charge in [-0.3, -0.25) is 9.69 Å². The third-order valence-electron chi connectivity index (χ3n) is 3.20. The molecule has 2 rings (SSSR count). The van der Waals surface area contributed by atoms with E-state index in [9.17, 15) is 9.59 Å². The van der Waals surface area contributed by atoms with Crippen molar-refractivity contribution in [2.75, 3.05) is 19.6 Å². The van der Waals surface area contributed by atoms with Gasteiger partial charge in [-0.15, -0.1) is 0 Å². The predicted molar refractivity (Wildman–Crippen MR) is 80.4 cm³/mol. The summed E-state index contributed by atoms with van der Waals surface area (Å²) in [5.74, 6) is -0.156. The second-order valence-electron chi connectivity index (χ2n) is 4.89. The molecule has 0 radical (unpaired) electrons. The maximum Gasteiger partial charge on any atom is 0.324 e. The van der Waals surface area contributed by atoms with E-state index in [1.54, 1.807) is 0 Å². The number of rotatable bonds is 6. The van der Waals surface area contributed by atoms with E-state index in [0.717, 1.165) is 10.9 Å². The topological polar surface area (TPSA) is 61.4 Å². The monoisotopic (exact) mass is 339 g/mol. The van der Waals surface area contributed by atoms with Crippen LogP contribution in [0.5, 0.6) is 0 Å². The van der Waals surface area contributed by atoms with Crippen molar-refractivity contribution in [1.29, 1.82) is 0 Å². The lowest BCUT2D eigenvalue weighted by molar-refractivity contribution is -0.124. The zero-order valence-electron chi connectivity index (χ0n) is 11.4. The standard InChI is InChI=1S/C14H18BrN3O2/c1-10(7-11-3-2-4-12(15)8-11)16-5-6-18-13(19)9-17-14(18)20/h2-4,8,10,16H,5-7,9H2,1H3,(H,17,20)/t10-/m1/s1. The Morgan fingerprint density at radius 2 is 2.25 bits per heavy atom. The molecule has 5 nitrogen and oxygen atoms in total. The average molecular weight is 340 g/mol. The Morgan fingerprint density at radius 3 is 2.90 bits per heavy atom. The number of benzene rings is 1. The number of halogens is 1. The Bertz CT molecular complexity index is 491. The Morgan fingerprint density at radius 1 is 1.45 bits per heavy atom. The van der Waals surface area contributed by atoms with Crippen LogP contribution in [0.4, 0.5) is 4.79 Å². The molecule has 0 saturated carbocycles. The summed E-state index contributed by atoms with van der Waals surface area (Å²) in [4.78, 5) is 24.0. The van der Waals surface area contributed by atoms with Gasteiger partial charge < -0.3 is 10.6 Å². The number of amides is 3. The molecule has 108 valence electrons. The lowest BCUT2D eigenvalue weighted by Crippen LogP contribution is -2.39. The molecule has 0 aromatic heterocycles. The van der Waals surface area contributed by atoms with E-state index in [1.807, 2.05) is 12.1 Å². The maximum absolute atomic E-state index is 11.4. The predicted octanol–water partition coefficient (Wildman–Crippen LogP) is 1.52. The number of imide groups is 1. The summed E-state index contributed by atoms with van der Waals surface area (Å²) in [7, 11) is 0. The highest BCUT2D eigenvalue weighted by Crippen LogP contribution is 2.13. The van der Waals surface area contributed by atoms with Gasteiger partial charge in [0.25, 0.3) is 0 Å². The van der Waals surface area contributed by atoms with Crippen molar-refractivity contribution in [2.24, 2.45) is 0 Å². The van der Waals surface area contributed by atoms with Crippen LogP contribution < -0.4 is 10.6 Å². The van der Waals surface area contributed by atoms with Crippen molar-refractivity contribution in [3.63, 3.8) is 0 Å². The van der Waals surface area contributed by atoms with Gasteiger partial charge in [0.2, 0.25) is 5.91 Å². The van der Waals surface area contributed by atoms with Crippen LogP contribution in [-0.4, -0.2) is 42.5 Å². The Kier molecular flexibility index (Phi) is 5.14. The molecule has 1 atom stereocenters. The smallest absolute Gasteiger partial charge is 0.324 e. The Hall–Kier alpha value is -1.40. The normalized spacial score (nSPS) is 16.4. The first-order valence-electron chi connectivity index (χ1n) is 6.62. The van der Waals surface area contributed by atoms with Crippen LogP contribution in [0.25, 0.3) is 0 Å². The summed E-state index contributed by atoms with van der Waals surface area (Å²) in [6.07, 6.45) is 0.902. The SMILES string of the molecule is C[C@H](Cc1cccc(Br)c1)NCCN1C(=O)CNC1=O. The van der Waals surface area contributed by atoms with Gasteiger partial charge in [0, 0.05) is 23.6 Å². The zero-order chi connectivity index (χ0) is 14.5. The van der Waals surface area contributed by atoms with E-state index in [1.165, 1.54) is 10.5 Å². The number of hydrogen-bond acceptors (Lipinski definition) is 3. The highest BCUT2D eigenvalue weighted by atomic mass is 79.9. The molecule has 1 saturated heterocycles. The quantitative estimate of drug-likeness (QED) is 0.772. The first-order valence-corrected chi connectivity index (χ1v) is 7.41. The van der Waals surface area contributed by atoms with Crippen LogP contribution in [0, 0.1) is 0 Å². The van der Waals surface area contributed by atoms with E-state index in [-0.39, 0.29) is 24.5 Å². The van der Waals surface area contributed by atoms with Crippen molar-refractivity contribution in [1.82, 2.24) is 15.5 Å². The molecule has 0 spiro atoms. The number of urea groups is 1. The van der Waals surface area contributed by atoms with Gasteiger partial charge in [-0.2, -0.15) is 0 Å². The molecule has 1 aliphatic rings. The Labute approximate surface area is 126 Å². The summed E-state index contributed by atoms with van der Waals surface area (Å²) < 4.78 is 1.07. The molecule has 0 unspecified atom stereocenters. The van der Waals surface area contributed by atoms with Crippen LogP contribution >= 0.6 is 15.9 Å². The van der Waals surface area contributed by atoms with Crippen molar-refractivity contribution < 1.29 is 9.59 Å². The molecule has 1 aromatic rings. The lowest BCUT2D eigenvalue weighted by atomic mass is 10.1. The van der Waals surface area contributed by atoms with E-state index in [4.69, 9.17) is 0 Å². The van der Waals surface area contributed by atoms with Gasteiger partial charge in [0.1, 0.15) is 0 Å². The molecule has 20 heavy (non-hydrogen) atoms. The third kappa shape index (κ3) is 4.05. The molecule has 1 aliphatic heterocycles. The summed E-state index contributed by atoms with van der Waals surface area (Å²) in [5.41, 5.74) is 1.24. The maximum atomic E-state index is 11.4. The number of nitrogens with zero attached hydrogens (tertiary/aromatic N) is 1. The van der Waals surface area contributed by atoms with Crippen LogP contribution in [-0.2, 0) is 11.2 Å². The van der Waals surface area contributed by atoms with Gasteiger partial charge in [-0.1, -0.05) is 28.1 Å². The van der Waals surface area contributed by atoms with Crippen LogP contribution in [0.15, 0.2) is 28.7 Å². The van der Waals surface area contributed by atoms with Crippen molar-refractivity contribution in [3.8, 4) is 0 Å². The molecular weight excluding hydrogens is 322 g/mol. The highest BCUT2D eigenvalue weighted by Gasteiger charge is 2.27. The minimum Gasteiger partial charge on any atom is -0.329 e. The number of nitrogens with one attached hydrogen (secondary N) is 2. The second kappa shape index (κ2) is 6.85. The molecule has 1 aromatic carbocycles. The summed E-state index contributed by atoms with van der Waals surface area (Å²) in [6, 6.07) is 8.18. The molecular formula is C14H18BrN3O2. The molecule has 0 bridgehead atoms. The van der Waals surface area contributed by atoms with Gasteiger partial charge in [0.05, 0.1) is 6.54 Å². The van der Waals surface area contributed by atoms with Gasteiger partial charge in [-0.25, -0.2) is 4.79 Å². The molecule has 0 aliphatic carbocycles. The second-order valence-corrected chi connectivity index (χ2v) is 5.81. The zero-order valence-corrected chi connectivity index (χ0v) is 12.9. The number of carbonyl (C=O) groups is 2.